The molecule has 0 N–H and O–H groups in total. The summed E-state index contributed by atoms with van der Waals surface area (Å²) in [5, 5.41) is 0. The Kier molecular flexibility index (Phi) is 8.24. The zero-order chi connectivity index (χ0) is 42.9. The average molecular weight is 802 g/mol. The van der Waals surface area contributed by atoms with Gasteiger partial charge in [-0.1, -0.05) is 200 Å². The van der Waals surface area contributed by atoms with Crippen molar-refractivity contribution < 1.29 is 0 Å². The SMILES string of the molecule is Cc1cccc(-c2ccccc2N(c2ccc3c(c2)C(C)(C)c2ccccc2-3)c2ccc3c(c2)C2(c4ccccc4-3)c3cc(C(C)(C)C)ccc3-c3ccc(C(C)(C)C)cc32)c1. The molecule has 1 nitrogen and oxygen atoms in total. The lowest BCUT2D eigenvalue weighted by Crippen LogP contribution is -2.27. The van der Waals surface area contributed by atoms with Gasteiger partial charge in [0.1, 0.15) is 0 Å². The lowest BCUT2D eigenvalue weighted by atomic mass is 9.68. The molecule has 3 aliphatic rings. The molecular formula is C61H55N. The second-order valence-electron chi connectivity index (χ2n) is 20.7. The average Bonchev–Trinajstić information content (AvgIpc) is 3.81. The molecule has 0 saturated carbocycles. The Balaban J connectivity index is 1.22. The van der Waals surface area contributed by atoms with Crippen LogP contribution in [-0.2, 0) is 21.7 Å². The maximum Gasteiger partial charge on any atom is 0.0726 e. The van der Waals surface area contributed by atoms with Crippen molar-refractivity contribution in [3.05, 3.63) is 220 Å². The first-order chi connectivity index (χ1) is 29.7. The van der Waals surface area contributed by atoms with Gasteiger partial charge in [-0.3, -0.25) is 0 Å². The minimum atomic E-state index is -0.502. The predicted octanol–water partition coefficient (Wildman–Crippen LogP) is 16.4. The Hall–Kier alpha value is -6.44. The fourth-order valence-corrected chi connectivity index (χ4v) is 11.2. The summed E-state index contributed by atoms with van der Waals surface area (Å²) in [5.74, 6) is 0. The van der Waals surface area contributed by atoms with Crippen LogP contribution in [0.3, 0.4) is 0 Å². The molecule has 0 atom stereocenters. The topological polar surface area (TPSA) is 3.24 Å². The highest BCUT2D eigenvalue weighted by Crippen LogP contribution is 2.64. The first-order valence-corrected chi connectivity index (χ1v) is 22.4. The number of fused-ring (bicyclic) bond motifs is 13. The molecule has 304 valence electrons. The smallest absolute Gasteiger partial charge is 0.0726 e. The molecule has 0 saturated heterocycles. The molecule has 62 heavy (non-hydrogen) atoms. The van der Waals surface area contributed by atoms with Crippen LogP contribution in [0.15, 0.2) is 170 Å². The first-order valence-electron chi connectivity index (χ1n) is 22.4. The van der Waals surface area contributed by atoms with Crippen LogP contribution >= 0.6 is 0 Å². The summed E-state index contributed by atoms with van der Waals surface area (Å²) in [5.41, 5.74) is 25.4. The van der Waals surface area contributed by atoms with Crippen LogP contribution in [-0.4, -0.2) is 0 Å². The van der Waals surface area contributed by atoms with E-state index in [0.29, 0.717) is 0 Å². The maximum absolute atomic E-state index is 2.56. The molecule has 0 aromatic heterocycles. The van der Waals surface area contributed by atoms with Crippen molar-refractivity contribution in [1.29, 1.82) is 0 Å². The molecule has 0 aliphatic heterocycles. The standard InChI is InChI=1S/C61H55N/c1-38-17-16-18-39(33-38)44-19-12-15-24-57(44)62(42-27-31-47-45-20-10-13-22-51(45)60(8,9)53(47)36-42)43-28-32-50-46-21-11-14-23-52(46)61(56(50)37-43)54-34-40(58(2,3)4)25-29-48(54)49-30-26-41(35-55(49)61)59(5,6)7/h10-37H,1-9H3. The monoisotopic (exact) mass is 801 g/mol. The van der Waals surface area contributed by atoms with E-state index in [9.17, 15) is 0 Å². The van der Waals surface area contributed by atoms with Gasteiger partial charge in [0.05, 0.1) is 11.1 Å². The molecule has 8 aromatic carbocycles. The second kappa shape index (κ2) is 13.3. The van der Waals surface area contributed by atoms with Crippen LogP contribution in [0.4, 0.5) is 17.1 Å². The van der Waals surface area contributed by atoms with Gasteiger partial charge in [0, 0.05) is 22.4 Å². The lowest BCUT2D eigenvalue weighted by molar-refractivity contribution is 0.586. The number of aryl methyl sites for hydroxylation is 1. The Morgan fingerprint density at radius 1 is 0.371 bits per heavy atom. The van der Waals surface area contributed by atoms with E-state index in [0.717, 1.165) is 17.1 Å². The van der Waals surface area contributed by atoms with Crippen molar-refractivity contribution in [1.82, 2.24) is 0 Å². The molecule has 0 fully saturated rings. The van der Waals surface area contributed by atoms with Crippen LogP contribution in [0.5, 0.6) is 0 Å². The van der Waals surface area contributed by atoms with Gasteiger partial charge < -0.3 is 4.90 Å². The van der Waals surface area contributed by atoms with Crippen molar-refractivity contribution in [3.8, 4) is 44.5 Å². The van der Waals surface area contributed by atoms with Gasteiger partial charge >= 0.3 is 0 Å². The molecule has 0 heterocycles. The Labute approximate surface area is 368 Å². The molecule has 11 rings (SSSR count). The zero-order valence-corrected chi connectivity index (χ0v) is 37.6. The predicted molar refractivity (Wildman–Crippen MR) is 263 cm³/mol. The third-order valence-corrected chi connectivity index (χ3v) is 14.5. The summed E-state index contributed by atoms with van der Waals surface area (Å²) in [7, 11) is 0. The van der Waals surface area contributed by atoms with E-state index in [2.05, 4.69) is 237 Å². The fourth-order valence-electron chi connectivity index (χ4n) is 11.2. The quantitative estimate of drug-likeness (QED) is 0.171. The minimum absolute atomic E-state index is 0.0122. The summed E-state index contributed by atoms with van der Waals surface area (Å²) in [6, 6.07) is 65.4. The van der Waals surface area contributed by atoms with Gasteiger partial charge in [0.15, 0.2) is 0 Å². The third kappa shape index (κ3) is 5.46. The maximum atomic E-state index is 2.56. The Bertz CT molecular complexity index is 3080. The van der Waals surface area contributed by atoms with Crippen LogP contribution < -0.4 is 4.90 Å². The largest absolute Gasteiger partial charge is 0.310 e. The van der Waals surface area contributed by atoms with Gasteiger partial charge in [-0.15, -0.1) is 0 Å². The van der Waals surface area contributed by atoms with Crippen LogP contribution in [0, 0.1) is 6.92 Å². The highest BCUT2D eigenvalue weighted by molar-refractivity contribution is 5.98. The van der Waals surface area contributed by atoms with Crippen molar-refractivity contribution in [2.75, 3.05) is 4.90 Å². The van der Waals surface area contributed by atoms with Gasteiger partial charge in [-0.25, -0.2) is 0 Å². The van der Waals surface area contributed by atoms with Gasteiger partial charge in [0.2, 0.25) is 0 Å². The van der Waals surface area contributed by atoms with Gasteiger partial charge in [0.25, 0.3) is 0 Å². The fraction of sp³-hybridized carbons (Fsp3) is 0.213. The van der Waals surface area contributed by atoms with Crippen LogP contribution in [0.25, 0.3) is 44.5 Å². The molecule has 0 unspecified atom stereocenters. The van der Waals surface area contributed by atoms with Crippen molar-refractivity contribution in [3.63, 3.8) is 0 Å². The molecule has 8 aromatic rings. The van der Waals surface area contributed by atoms with E-state index in [-0.39, 0.29) is 16.2 Å². The van der Waals surface area contributed by atoms with E-state index in [1.807, 2.05) is 0 Å². The lowest BCUT2D eigenvalue weighted by Gasteiger charge is -2.34. The Morgan fingerprint density at radius 2 is 0.823 bits per heavy atom. The number of benzene rings is 8. The second-order valence-corrected chi connectivity index (χ2v) is 20.7. The summed E-state index contributed by atoms with van der Waals surface area (Å²) in [6.07, 6.45) is 0. The number of nitrogens with zero attached hydrogens (tertiary/aromatic N) is 1. The number of hydrogen-bond donors (Lipinski definition) is 0. The molecule has 0 amide bonds. The van der Waals surface area contributed by atoms with Gasteiger partial charge in [-0.05, 0) is 132 Å². The molecule has 1 heteroatoms. The normalized spacial score (nSPS) is 14.8. The molecular weight excluding hydrogens is 747 g/mol. The van der Waals surface area contributed by atoms with E-state index in [1.54, 1.807) is 0 Å². The van der Waals surface area contributed by atoms with E-state index < -0.39 is 5.41 Å². The van der Waals surface area contributed by atoms with E-state index in [1.165, 1.54) is 94.6 Å². The van der Waals surface area contributed by atoms with Gasteiger partial charge in [-0.2, -0.15) is 0 Å². The summed E-state index contributed by atoms with van der Waals surface area (Å²) in [4.78, 5) is 2.54. The Morgan fingerprint density at radius 3 is 1.40 bits per heavy atom. The molecule has 0 bridgehead atoms. The molecule has 1 spiro atoms. The summed E-state index contributed by atoms with van der Waals surface area (Å²) in [6.45, 7) is 21.0. The first kappa shape index (κ1) is 38.5. The van der Waals surface area contributed by atoms with Crippen molar-refractivity contribution in [2.24, 2.45) is 0 Å². The van der Waals surface area contributed by atoms with Crippen LogP contribution in [0.2, 0.25) is 0 Å². The number of hydrogen-bond acceptors (Lipinski definition) is 1. The summed E-state index contributed by atoms with van der Waals surface area (Å²) < 4.78 is 0. The highest BCUT2D eigenvalue weighted by atomic mass is 15.1. The number of anilines is 3. The van der Waals surface area contributed by atoms with Crippen LogP contribution in [0.1, 0.15) is 105 Å². The zero-order valence-electron chi connectivity index (χ0n) is 37.6. The van der Waals surface area contributed by atoms with Crippen molar-refractivity contribution in [2.45, 2.75) is 84.0 Å². The van der Waals surface area contributed by atoms with E-state index >= 15 is 0 Å². The van der Waals surface area contributed by atoms with Crippen molar-refractivity contribution >= 4 is 17.1 Å². The molecule has 3 aliphatic carbocycles. The minimum Gasteiger partial charge on any atom is -0.310 e. The number of para-hydroxylation sites is 1. The third-order valence-electron chi connectivity index (χ3n) is 14.5. The summed E-state index contributed by atoms with van der Waals surface area (Å²) >= 11 is 0. The molecule has 0 radical (unpaired) electrons. The van der Waals surface area contributed by atoms with E-state index in [4.69, 9.17) is 0 Å². The highest BCUT2D eigenvalue weighted by Gasteiger charge is 2.52. The number of rotatable bonds is 4.